The van der Waals surface area contributed by atoms with Gasteiger partial charge in [-0.25, -0.2) is 15.2 Å². The molecule has 0 atom stereocenters. The van der Waals surface area contributed by atoms with Gasteiger partial charge < -0.3 is 10.1 Å². The zero-order valence-electron chi connectivity index (χ0n) is 15.8. The zero-order chi connectivity index (χ0) is 20.4. The van der Waals surface area contributed by atoms with E-state index in [2.05, 4.69) is 29.1 Å². The average molecular weight is 382 g/mol. The molecule has 0 unspecified atom stereocenters. The van der Waals surface area contributed by atoms with Crippen molar-refractivity contribution in [1.82, 2.24) is 10.4 Å². The van der Waals surface area contributed by atoms with Crippen LogP contribution in [0.3, 0.4) is 0 Å². The van der Waals surface area contributed by atoms with E-state index in [1.165, 1.54) is 12.1 Å². The minimum Gasteiger partial charge on any atom is -0.473 e. The summed E-state index contributed by atoms with van der Waals surface area (Å²) < 4.78 is 19.2. The lowest BCUT2D eigenvalue weighted by atomic mass is 10.1. The standard InChI is InChI=1S/C20H19FN2O.CH4N2O/c1-14-6-3-10-19(22-2)17(14)13-24-20-11-5-9-18(23-20)15-7-4-8-16(21)12-15;2-3-1-4/h3-12,22H,13H2,1-2H3;1H,2H2,(H,3,4). The molecule has 2 aromatic carbocycles. The number of carbonyl (C=O) groups is 1. The van der Waals surface area contributed by atoms with E-state index in [1.807, 2.05) is 37.4 Å². The summed E-state index contributed by atoms with van der Waals surface area (Å²) in [6.07, 6.45) is 0.403. The normalized spacial score (nSPS) is 9.71. The first-order valence-corrected chi connectivity index (χ1v) is 8.61. The predicted molar refractivity (Wildman–Crippen MR) is 108 cm³/mol. The SMILES string of the molecule is CNc1cccc(C)c1COc1cccc(-c2cccc(F)c2)n1.NNC=O. The van der Waals surface area contributed by atoms with Gasteiger partial charge in [0.15, 0.2) is 0 Å². The Labute approximate surface area is 163 Å². The maximum absolute atomic E-state index is 13.4. The summed E-state index contributed by atoms with van der Waals surface area (Å²) in [6.45, 7) is 2.47. The smallest absolute Gasteiger partial charge is 0.221 e. The van der Waals surface area contributed by atoms with Gasteiger partial charge in [0.25, 0.3) is 0 Å². The Morgan fingerprint density at radius 2 is 1.86 bits per heavy atom. The maximum atomic E-state index is 13.4. The second-order valence-electron chi connectivity index (χ2n) is 5.80. The Kier molecular flexibility index (Phi) is 7.92. The third-order valence-electron chi connectivity index (χ3n) is 3.96. The Balaban J connectivity index is 0.000000640. The predicted octanol–water partition coefficient (Wildman–Crippen LogP) is 3.42. The molecular formula is C21H23FN4O2. The number of nitrogens with zero attached hydrogens (tertiary/aromatic N) is 1. The van der Waals surface area contributed by atoms with E-state index in [9.17, 15) is 4.39 Å². The zero-order valence-corrected chi connectivity index (χ0v) is 15.8. The van der Waals surface area contributed by atoms with Crippen LogP contribution in [0.1, 0.15) is 11.1 Å². The van der Waals surface area contributed by atoms with Gasteiger partial charge in [0.05, 0.1) is 5.69 Å². The second-order valence-corrected chi connectivity index (χ2v) is 5.80. The Morgan fingerprint density at radius 1 is 1.14 bits per heavy atom. The summed E-state index contributed by atoms with van der Waals surface area (Å²) in [4.78, 5) is 13.4. The van der Waals surface area contributed by atoms with E-state index in [4.69, 9.17) is 9.53 Å². The van der Waals surface area contributed by atoms with Crippen molar-refractivity contribution in [2.75, 3.05) is 12.4 Å². The van der Waals surface area contributed by atoms with Gasteiger partial charge in [0.2, 0.25) is 12.3 Å². The molecule has 3 rings (SSSR count). The van der Waals surface area contributed by atoms with Crippen LogP contribution in [0.15, 0.2) is 60.7 Å². The lowest BCUT2D eigenvalue weighted by molar-refractivity contribution is -0.109. The maximum Gasteiger partial charge on any atom is 0.221 e. The topological polar surface area (TPSA) is 89.3 Å². The van der Waals surface area contributed by atoms with Crippen LogP contribution in [0.4, 0.5) is 10.1 Å². The number of hydrogen-bond acceptors (Lipinski definition) is 5. The molecule has 0 aliphatic carbocycles. The number of rotatable bonds is 6. The molecule has 1 heterocycles. The number of benzene rings is 2. The third-order valence-corrected chi connectivity index (χ3v) is 3.96. The lowest BCUT2D eigenvalue weighted by Crippen LogP contribution is -2.18. The van der Waals surface area contributed by atoms with Crippen molar-refractivity contribution < 1.29 is 13.9 Å². The van der Waals surface area contributed by atoms with E-state index >= 15 is 0 Å². The van der Waals surface area contributed by atoms with E-state index in [0.717, 1.165) is 22.4 Å². The monoisotopic (exact) mass is 382 g/mol. The number of ether oxygens (including phenoxy) is 1. The molecule has 28 heavy (non-hydrogen) atoms. The number of nitrogens with two attached hydrogens (primary N) is 1. The third kappa shape index (κ3) is 5.78. The van der Waals surface area contributed by atoms with Gasteiger partial charge in [-0.05, 0) is 36.8 Å². The highest BCUT2D eigenvalue weighted by molar-refractivity contribution is 5.59. The average Bonchev–Trinajstić information content (AvgIpc) is 2.73. The molecular weight excluding hydrogens is 359 g/mol. The number of halogens is 1. The lowest BCUT2D eigenvalue weighted by Gasteiger charge is -2.13. The van der Waals surface area contributed by atoms with E-state index in [0.29, 0.717) is 24.6 Å². The van der Waals surface area contributed by atoms with Gasteiger partial charge in [0, 0.05) is 29.9 Å². The molecule has 0 saturated heterocycles. The quantitative estimate of drug-likeness (QED) is 0.263. The summed E-state index contributed by atoms with van der Waals surface area (Å²) in [7, 11) is 1.89. The minimum atomic E-state index is -0.279. The first-order valence-electron chi connectivity index (χ1n) is 8.61. The van der Waals surface area contributed by atoms with E-state index in [-0.39, 0.29) is 5.82 Å². The molecule has 146 valence electrons. The van der Waals surface area contributed by atoms with Gasteiger partial charge >= 0.3 is 0 Å². The molecule has 1 aromatic heterocycles. The number of aryl methyl sites for hydroxylation is 1. The fraction of sp³-hybridized carbons (Fsp3) is 0.143. The van der Waals surface area contributed by atoms with Gasteiger partial charge in [-0.3, -0.25) is 10.2 Å². The Hall–Kier alpha value is -3.45. The van der Waals surface area contributed by atoms with Crippen LogP contribution in [0.5, 0.6) is 5.88 Å². The number of anilines is 1. The van der Waals surface area contributed by atoms with Gasteiger partial charge in [0.1, 0.15) is 12.4 Å². The summed E-state index contributed by atoms with van der Waals surface area (Å²) >= 11 is 0. The van der Waals surface area contributed by atoms with Crippen molar-refractivity contribution in [3.8, 4) is 17.1 Å². The number of aromatic nitrogens is 1. The van der Waals surface area contributed by atoms with Crippen LogP contribution in [-0.2, 0) is 11.4 Å². The van der Waals surface area contributed by atoms with Crippen LogP contribution in [0.25, 0.3) is 11.3 Å². The molecule has 6 nitrogen and oxygen atoms in total. The number of pyridine rings is 1. The number of nitrogens with one attached hydrogen (secondary N) is 2. The summed E-state index contributed by atoms with van der Waals surface area (Å²) in [6, 6.07) is 18.0. The summed E-state index contributed by atoms with van der Waals surface area (Å²) in [5, 5.41) is 3.17. The molecule has 1 amide bonds. The molecule has 4 N–H and O–H groups in total. The molecule has 0 aliphatic heterocycles. The van der Waals surface area contributed by atoms with E-state index in [1.54, 1.807) is 17.6 Å². The highest BCUT2D eigenvalue weighted by atomic mass is 19.1. The highest BCUT2D eigenvalue weighted by Crippen LogP contribution is 2.23. The number of hydrogen-bond donors (Lipinski definition) is 3. The minimum absolute atomic E-state index is 0.279. The molecule has 0 fully saturated rings. The van der Waals surface area contributed by atoms with Crippen LogP contribution in [0.2, 0.25) is 0 Å². The molecule has 0 spiro atoms. The fourth-order valence-corrected chi connectivity index (χ4v) is 2.58. The van der Waals surface area contributed by atoms with Crippen molar-refractivity contribution in [3.63, 3.8) is 0 Å². The number of carbonyl (C=O) groups excluding carboxylic acids is 1. The molecule has 7 heteroatoms. The molecule has 0 aliphatic rings. The van der Waals surface area contributed by atoms with Gasteiger partial charge in [-0.15, -0.1) is 0 Å². The van der Waals surface area contributed by atoms with Crippen molar-refractivity contribution in [3.05, 3.63) is 77.6 Å². The largest absolute Gasteiger partial charge is 0.473 e. The van der Waals surface area contributed by atoms with Crippen molar-refractivity contribution >= 4 is 12.1 Å². The Morgan fingerprint density at radius 3 is 2.54 bits per heavy atom. The molecule has 0 bridgehead atoms. The molecule has 0 saturated carbocycles. The first kappa shape index (κ1) is 20.9. The van der Waals surface area contributed by atoms with Crippen LogP contribution in [0, 0.1) is 12.7 Å². The summed E-state index contributed by atoms with van der Waals surface area (Å²) in [5.41, 5.74) is 6.45. The van der Waals surface area contributed by atoms with E-state index < -0.39 is 0 Å². The van der Waals surface area contributed by atoms with Crippen molar-refractivity contribution in [2.45, 2.75) is 13.5 Å². The molecule has 0 radical (unpaired) electrons. The Bertz CT molecular complexity index is 918. The molecule has 3 aromatic rings. The van der Waals surface area contributed by atoms with Gasteiger partial charge in [-0.1, -0.05) is 30.3 Å². The van der Waals surface area contributed by atoms with Crippen LogP contribution >= 0.6 is 0 Å². The fourth-order valence-electron chi connectivity index (χ4n) is 2.58. The van der Waals surface area contributed by atoms with Crippen molar-refractivity contribution in [1.29, 1.82) is 0 Å². The van der Waals surface area contributed by atoms with Crippen LogP contribution in [-0.4, -0.2) is 18.4 Å². The number of amides is 1. The summed E-state index contributed by atoms with van der Waals surface area (Å²) in [5.74, 6) is 4.65. The van der Waals surface area contributed by atoms with Crippen LogP contribution < -0.4 is 21.3 Å². The highest BCUT2D eigenvalue weighted by Gasteiger charge is 2.07. The van der Waals surface area contributed by atoms with Gasteiger partial charge in [-0.2, -0.15) is 0 Å². The first-order chi connectivity index (χ1) is 13.6. The second kappa shape index (κ2) is 10.6. The number of hydrazine groups is 1. The van der Waals surface area contributed by atoms with Crippen molar-refractivity contribution in [2.24, 2.45) is 5.84 Å².